The molecule has 0 spiro atoms. The van der Waals surface area contributed by atoms with Crippen molar-refractivity contribution in [3.05, 3.63) is 0 Å². The van der Waals surface area contributed by atoms with Crippen molar-refractivity contribution < 1.29 is 4.79 Å². The lowest BCUT2D eigenvalue weighted by Crippen LogP contribution is -2.31. The van der Waals surface area contributed by atoms with E-state index < -0.39 is 0 Å². The van der Waals surface area contributed by atoms with Crippen LogP contribution in [0.25, 0.3) is 0 Å². The van der Waals surface area contributed by atoms with Gasteiger partial charge in [0.15, 0.2) is 0 Å². The number of hydrogen-bond acceptors (Lipinski definition) is 2. The Morgan fingerprint density at radius 1 is 1.82 bits per heavy atom. The summed E-state index contributed by atoms with van der Waals surface area (Å²) in [6, 6.07) is 0.285. The van der Waals surface area contributed by atoms with E-state index >= 15 is 0 Å². The van der Waals surface area contributed by atoms with Crippen LogP contribution in [0.5, 0.6) is 0 Å². The van der Waals surface area contributed by atoms with Gasteiger partial charge in [-0.25, -0.2) is 0 Å². The maximum atomic E-state index is 10.9. The monoisotopic (exact) mass is 169 g/mol. The molecule has 0 unspecified atom stereocenters. The summed E-state index contributed by atoms with van der Waals surface area (Å²) in [6.07, 6.45) is 1.56. The maximum absolute atomic E-state index is 10.9. The number of thioether (sulfide) groups is 1. The van der Waals surface area contributed by atoms with E-state index in [-0.39, 0.29) is 11.9 Å². The lowest BCUT2D eigenvalue weighted by atomic mass is 10.2. The Hall–Kier alpha value is -0.115. The molecule has 0 aromatic heterocycles. The third kappa shape index (κ3) is 2.16. The Bertz CT molecular complexity index is 153. The molecule has 1 heterocycles. The van der Waals surface area contributed by atoms with E-state index in [1.54, 1.807) is 0 Å². The number of amides is 1. The maximum Gasteiger partial charge on any atom is 0.230 e. The molecule has 11 heavy (non-hydrogen) atoms. The highest BCUT2D eigenvalue weighted by Gasteiger charge is 2.26. The molecule has 0 saturated carbocycles. The Kier molecular flexibility index (Phi) is 3.30. The quantitative estimate of drug-likeness (QED) is 0.582. The number of carbonyl (C=O) groups excluding carboxylic acids is 1. The minimum absolute atomic E-state index is 0.0895. The van der Waals surface area contributed by atoms with Gasteiger partial charge in [0.05, 0.1) is 0 Å². The van der Waals surface area contributed by atoms with Crippen LogP contribution in [0, 0.1) is 0 Å². The molecule has 1 saturated heterocycles. The van der Waals surface area contributed by atoms with Crippen LogP contribution in [0.4, 0.5) is 0 Å². The van der Waals surface area contributed by atoms with E-state index in [0.29, 0.717) is 6.42 Å². The van der Waals surface area contributed by atoms with Crippen LogP contribution < -0.4 is 0 Å². The smallest absolute Gasteiger partial charge is 0.230 e. The molecular formula is C7H12BNOS. The van der Waals surface area contributed by atoms with Crippen molar-refractivity contribution in [2.75, 3.05) is 11.5 Å². The molecule has 0 bridgehead atoms. The van der Waals surface area contributed by atoms with Crippen molar-refractivity contribution in [2.24, 2.45) is 0 Å². The normalized spacial score (nSPS) is 24.6. The summed E-state index contributed by atoms with van der Waals surface area (Å²) in [7, 11) is 5.53. The van der Waals surface area contributed by atoms with Gasteiger partial charge in [0.2, 0.25) is 13.9 Å². The molecule has 0 aromatic rings. The standard InChI is InChI=1S/C7H12BNOS/c1-2-11-5-6-3-4-7(10)9(6)8/h6H,2-5H2,1H3/t6-/m1/s1. The zero-order chi connectivity index (χ0) is 8.27. The number of nitrogens with zero attached hydrogens (tertiary/aromatic N) is 1. The topological polar surface area (TPSA) is 20.3 Å². The van der Waals surface area contributed by atoms with E-state index in [2.05, 4.69) is 6.92 Å². The van der Waals surface area contributed by atoms with Crippen molar-refractivity contribution >= 4 is 25.7 Å². The molecule has 2 nitrogen and oxygen atoms in total. The number of hydrogen-bond donors (Lipinski definition) is 0. The van der Waals surface area contributed by atoms with E-state index in [0.717, 1.165) is 17.9 Å². The number of carbonyl (C=O) groups is 1. The summed E-state index contributed by atoms with van der Waals surface area (Å²) in [6.45, 7) is 2.11. The first kappa shape index (κ1) is 8.98. The van der Waals surface area contributed by atoms with Gasteiger partial charge in [0, 0.05) is 18.2 Å². The van der Waals surface area contributed by atoms with Crippen molar-refractivity contribution in [1.29, 1.82) is 0 Å². The third-order valence-corrected chi connectivity index (χ3v) is 2.92. The zero-order valence-corrected chi connectivity index (χ0v) is 7.56. The van der Waals surface area contributed by atoms with Gasteiger partial charge in [-0.05, 0) is 12.2 Å². The summed E-state index contributed by atoms with van der Waals surface area (Å²) in [5.74, 6) is 2.17. The second kappa shape index (κ2) is 4.05. The van der Waals surface area contributed by atoms with Gasteiger partial charge in [-0.2, -0.15) is 11.8 Å². The van der Waals surface area contributed by atoms with Gasteiger partial charge in [-0.15, -0.1) is 0 Å². The molecule has 2 radical (unpaired) electrons. The van der Waals surface area contributed by atoms with Crippen molar-refractivity contribution in [3.8, 4) is 0 Å². The minimum atomic E-state index is 0.0895. The highest BCUT2D eigenvalue weighted by Crippen LogP contribution is 2.19. The van der Waals surface area contributed by atoms with Gasteiger partial charge >= 0.3 is 0 Å². The summed E-state index contributed by atoms with van der Waals surface area (Å²) in [5.41, 5.74) is 0. The first-order valence-corrected chi connectivity index (χ1v) is 5.05. The molecular weight excluding hydrogens is 157 g/mol. The van der Waals surface area contributed by atoms with Crippen molar-refractivity contribution in [3.63, 3.8) is 0 Å². The summed E-state index contributed by atoms with van der Waals surface area (Å²) in [4.78, 5) is 12.3. The lowest BCUT2D eigenvalue weighted by Gasteiger charge is -2.19. The Balaban J connectivity index is 2.30. The average molecular weight is 169 g/mol. The Morgan fingerprint density at radius 3 is 3.00 bits per heavy atom. The van der Waals surface area contributed by atoms with E-state index in [1.165, 1.54) is 4.81 Å². The highest BCUT2D eigenvalue weighted by molar-refractivity contribution is 7.99. The van der Waals surface area contributed by atoms with E-state index in [4.69, 9.17) is 7.98 Å². The van der Waals surface area contributed by atoms with Crippen LogP contribution in [-0.4, -0.2) is 36.2 Å². The molecule has 1 aliphatic heterocycles. The molecule has 0 aromatic carbocycles. The fourth-order valence-corrected chi connectivity index (χ4v) is 2.01. The molecule has 60 valence electrons. The Labute approximate surface area is 73.1 Å². The Morgan fingerprint density at radius 2 is 2.55 bits per heavy atom. The zero-order valence-electron chi connectivity index (χ0n) is 6.75. The highest BCUT2D eigenvalue weighted by atomic mass is 32.2. The second-order valence-electron chi connectivity index (χ2n) is 2.65. The van der Waals surface area contributed by atoms with Crippen LogP contribution in [0.3, 0.4) is 0 Å². The van der Waals surface area contributed by atoms with Gasteiger partial charge in [-0.3, -0.25) is 4.79 Å². The summed E-state index contributed by atoms with van der Waals surface area (Å²) >= 11 is 1.84. The lowest BCUT2D eigenvalue weighted by molar-refractivity contribution is -0.124. The first-order chi connectivity index (χ1) is 5.25. The van der Waals surface area contributed by atoms with Gasteiger partial charge in [-0.1, -0.05) is 6.92 Å². The molecule has 0 N–H and O–H groups in total. The fourth-order valence-electron chi connectivity index (χ4n) is 1.18. The molecule has 1 aliphatic rings. The molecule has 1 amide bonds. The van der Waals surface area contributed by atoms with Crippen LogP contribution in [0.1, 0.15) is 19.8 Å². The average Bonchev–Trinajstić information content (AvgIpc) is 2.31. The summed E-state index contributed by atoms with van der Waals surface area (Å²) < 4.78 is 0. The molecule has 1 fully saturated rings. The van der Waals surface area contributed by atoms with Crippen LogP contribution in [0.15, 0.2) is 0 Å². The van der Waals surface area contributed by atoms with Crippen molar-refractivity contribution in [1.82, 2.24) is 4.81 Å². The van der Waals surface area contributed by atoms with E-state index in [1.807, 2.05) is 11.8 Å². The van der Waals surface area contributed by atoms with Crippen LogP contribution in [-0.2, 0) is 4.79 Å². The SMILES string of the molecule is [B]N1C(=O)CC[C@@H]1CSCC. The molecule has 0 aliphatic carbocycles. The molecule has 1 atom stereocenters. The predicted octanol–water partition coefficient (Wildman–Crippen LogP) is 0.814. The fraction of sp³-hybridized carbons (Fsp3) is 0.857. The minimum Gasteiger partial charge on any atom is -0.393 e. The summed E-state index contributed by atoms with van der Waals surface area (Å²) in [5, 5.41) is 0. The van der Waals surface area contributed by atoms with Gasteiger partial charge in [0.1, 0.15) is 0 Å². The van der Waals surface area contributed by atoms with Crippen LogP contribution in [0.2, 0.25) is 0 Å². The largest absolute Gasteiger partial charge is 0.393 e. The third-order valence-electron chi connectivity index (χ3n) is 1.89. The predicted molar refractivity (Wildman–Crippen MR) is 48.6 cm³/mol. The van der Waals surface area contributed by atoms with Crippen molar-refractivity contribution in [2.45, 2.75) is 25.8 Å². The second-order valence-corrected chi connectivity index (χ2v) is 3.97. The number of rotatable bonds is 3. The van der Waals surface area contributed by atoms with Crippen LogP contribution >= 0.6 is 11.8 Å². The molecule has 4 heteroatoms. The van der Waals surface area contributed by atoms with E-state index in [9.17, 15) is 4.79 Å². The van der Waals surface area contributed by atoms with Gasteiger partial charge in [0.25, 0.3) is 0 Å². The van der Waals surface area contributed by atoms with Gasteiger partial charge < -0.3 is 4.81 Å². The first-order valence-electron chi connectivity index (χ1n) is 3.90. The molecule has 1 rings (SSSR count).